The highest BCUT2D eigenvalue weighted by molar-refractivity contribution is 5.77. The van der Waals surface area contributed by atoms with Crippen LogP contribution in [0.25, 0.3) is 11.0 Å². The van der Waals surface area contributed by atoms with Gasteiger partial charge < -0.3 is 15.3 Å². The molecule has 3 N–H and O–H groups in total. The van der Waals surface area contributed by atoms with E-state index in [1.807, 2.05) is 45.9 Å². The minimum absolute atomic E-state index is 0.0872. The average molecular weight is 376 g/mol. The Morgan fingerprint density at radius 3 is 2.04 bits per heavy atom. The van der Waals surface area contributed by atoms with E-state index in [1.54, 1.807) is 0 Å². The van der Waals surface area contributed by atoms with Crippen molar-refractivity contribution in [1.29, 1.82) is 0 Å². The van der Waals surface area contributed by atoms with E-state index in [0.717, 1.165) is 16.7 Å². The number of aromatic nitrogens is 2. The summed E-state index contributed by atoms with van der Waals surface area (Å²) >= 11 is 0. The average Bonchev–Trinajstić information content (AvgIpc) is 2.60. The van der Waals surface area contributed by atoms with Gasteiger partial charge in [0.15, 0.2) is 0 Å². The van der Waals surface area contributed by atoms with E-state index in [2.05, 4.69) is 0 Å². The number of aryl methyl sites for hydroxylation is 2. The van der Waals surface area contributed by atoms with Gasteiger partial charge in [-0.3, -0.25) is 18.7 Å². The molecule has 1 heterocycles. The van der Waals surface area contributed by atoms with Crippen molar-refractivity contribution in [3.63, 3.8) is 0 Å². The third kappa shape index (κ3) is 4.74. The molecule has 0 amide bonds. The summed E-state index contributed by atoms with van der Waals surface area (Å²) in [6.45, 7) is 7.39. The molecule has 0 radical (unpaired) electrons. The highest BCUT2D eigenvalue weighted by Crippen LogP contribution is 2.18. The minimum Gasteiger partial charge on any atom is -0.394 e. The van der Waals surface area contributed by atoms with Crippen molar-refractivity contribution < 1.29 is 15.3 Å². The second-order valence-corrected chi connectivity index (χ2v) is 7.26. The number of nitrogens with zero attached hydrogens (tertiary/aromatic N) is 2. The molecule has 148 valence electrons. The molecule has 27 heavy (non-hydrogen) atoms. The molecule has 0 aliphatic carbocycles. The first-order valence-electron chi connectivity index (χ1n) is 9.00. The molecule has 7 nitrogen and oxygen atoms in total. The molecular weight excluding hydrogens is 348 g/mol. The monoisotopic (exact) mass is 376 g/mol. The van der Waals surface area contributed by atoms with Crippen LogP contribution in [-0.2, 0) is 13.1 Å². The molecule has 0 aliphatic rings. The number of benzene rings is 1. The number of fused-ring (bicyclic) bond motifs is 1. The first-order chi connectivity index (χ1) is 12.6. The maximum Gasteiger partial charge on any atom is 0.317 e. The molecule has 1 aromatic carbocycles. The Bertz CT molecular complexity index is 967. The van der Waals surface area contributed by atoms with Crippen LogP contribution in [0.1, 0.15) is 31.4 Å². The molecule has 0 spiro atoms. The van der Waals surface area contributed by atoms with E-state index in [0.29, 0.717) is 17.6 Å². The second-order valence-electron chi connectivity index (χ2n) is 7.26. The zero-order valence-electron chi connectivity index (χ0n) is 16.3. The van der Waals surface area contributed by atoms with E-state index in [-0.39, 0.29) is 13.0 Å². The summed E-state index contributed by atoms with van der Waals surface area (Å²) in [6, 6.07) is 3.70. The summed E-state index contributed by atoms with van der Waals surface area (Å²) in [5.41, 5.74) is 2.81. The first kappa shape index (κ1) is 21.1. The van der Waals surface area contributed by atoms with Crippen LogP contribution in [0.3, 0.4) is 0 Å². The van der Waals surface area contributed by atoms with Crippen molar-refractivity contribution >= 4 is 11.0 Å². The zero-order valence-corrected chi connectivity index (χ0v) is 16.3. The van der Waals surface area contributed by atoms with Crippen molar-refractivity contribution in [2.45, 2.75) is 59.4 Å². The van der Waals surface area contributed by atoms with Gasteiger partial charge in [0, 0.05) is 13.0 Å². The van der Waals surface area contributed by atoms with Crippen LogP contribution in [0, 0.1) is 13.8 Å². The third-order valence-electron chi connectivity index (χ3n) is 4.68. The predicted octanol–water partition coefficient (Wildman–Crippen LogP) is 0.850. The molecule has 1 aromatic heterocycles. The number of allylic oxidation sites excluding steroid dienone is 2. The van der Waals surface area contributed by atoms with Gasteiger partial charge in [-0.25, -0.2) is 0 Å². The molecular formula is C20H28N2O5. The topological polar surface area (TPSA) is 105 Å². The second kappa shape index (κ2) is 8.65. The van der Waals surface area contributed by atoms with E-state index in [1.165, 1.54) is 9.13 Å². The van der Waals surface area contributed by atoms with E-state index in [4.69, 9.17) is 5.11 Å². The Morgan fingerprint density at radius 2 is 1.52 bits per heavy atom. The van der Waals surface area contributed by atoms with Crippen LogP contribution in [0.2, 0.25) is 0 Å². The largest absolute Gasteiger partial charge is 0.394 e. The van der Waals surface area contributed by atoms with Gasteiger partial charge >= 0.3 is 11.1 Å². The Labute approximate surface area is 157 Å². The van der Waals surface area contributed by atoms with Gasteiger partial charge in [0.05, 0.1) is 36.4 Å². The van der Waals surface area contributed by atoms with Crippen LogP contribution >= 0.6 is 0 Å². The SMILES string of the molecule is CC(C)=CCn1c(=O)c(=O)n(CC(O)CC(O)CO)c2cc(C)c(C)cc21. The molecule has 2 aromatic rings. The fourth-order valence-electron chi connectivity index (χ4n) is 2.98. The lowest BCUT2D eigenvalue weighted by Crippen LogP contribution is -2.43. The van der Waals surface area contributed by atoms with Crippen molar-refractivity contribution in [3.8, 4) is 0 Å². The molecule has 0 fully saturated rings. The maximum atomic E-state index is 12.7. The summed E-state index contributed by atoms with van der Waals surface area (Å²) in [5.74, 6) is 0. The van der Waals surface area contributed by atoms with Crippen molar-refractivity contribution in [3.05, 3.63) is 55.6 Å². The molecule has 0 bridgehead atoms. The predicted molar refractivity (Wildman–Crippen MR) is 105 cm³/mol. The molecule has 0 saturated heterocycles. The fraction of sp³-hybridized carbons (Fsp3) is 0.500. The molecule has 2 atom stereocenters. The third-order valence-corrected chi connectivity index (χ3v) is 4.68. The normalized spacial score (nSPS) is 13.6. The highest BCUT2D eigenvalue weighted by Gasteiger charge is 2.18. The molecule has 2 rings (SSSR count). The van der Waals surface area contributed by atoms with Crippen molar-refractivity contribution in [2.24, 2.45) is 0 Å². The number of hydrogen-bond donors (Lipinski definition) is 3. The number of hydrogen-bond acceptors (Lipinski definition) is 5. The summed E-state index contributed by atoms with van der Waals surface area (Å²) in [7, 11) is 0. The summed E-state index contributed by atoms with van der Waals surface area (Å²) in [5, 5.41) is 28.7. The lowest BCUT2D eigenvalue weighted by Gasteiger charge is -2.19. The Balaban J connectivity index is 2.68. The number of aliphatic hydroxyl groups excluding tert-OH is 3. The number of aliphatic hydroxyl groups is 3. The Kier molecular flexibility index (Phi) is 6.75. The van der Waals surface area contributed by atoms with E-state index in [9.17, 15) is 19.8 Å². The summed E-state index contributed by atoms with van der Waals surface area (Å²) in [6.07, 6.45) is -0.353. The van der Waals surface area contributed by atoms with Crippen LogP contribution in [0.4, 0.5) is 0 Å². The van der Waals surface area contributed by atoms with E-state index < -0.39 is 29.9 Å². The maximum absolute atomic E-state index is 12.7. The van der Waals surface area contributed by atoms with Crippen molar-refractivity contribution in [1.82, 2.24) is 9.13 Å². The van der Waals surface area contributed by atoms with E-state index >= 15 is 0 Å². The zero-order chi connectivity index (χ0) is 20.3. The van der Waals surface area contributed by atoms with Gasteiger partial charge in [-0.15, -0.1) is 0 Å². The minimum atomic E-state index is -1.08. The van der Waals surface area contributed by atoms with Gasteiger partial charge in [-0.2, -0.15) is 0 Å². The Hall–Kier alpha value is -2.22. The van der Waals surface area contributed by atoms with Crippen molar-refractivity contribution in [2.75, 3.05) is 6.61 Å². The van der Waals surface area contributed by atoms with Gasteiger partial charge in [0.25, 0.3) is 0 Å². The smallest absolute Gasteiger partial charge is 0.317 e. The Morgan fingerprint density at radius 1 is 1.00 bits per heavy atom. The molecule has 7 heteroatoms. The van der Waals surface area contributed by atoms with Crippen LogP contribution in [-0.4, -0.2) is 43.3 Å². The van der Waals surface area contributed by atoms with Gasteiger partial charge in [-0.1, -0.05) is 11.6 Å². The first-order valence-corrected chi connectivity index (χ1v) is 9.00. The standard InChI is InChI=1S/C20H28N2O5/c1-12(2)5-6-21-17-7-13(3)14(4)8-18(17)22(20(27)19(21)26)10-15(24)9-16(25)11-23/h5,7-8,15-16,23-25H,6,9-11H2,1-4H3. The van der Waals surface area contributed by atoms with Crippen LogP contribution in [0.5, 0.6) is 0 Å². The van der Waals surface area contributed by atoms with Crippen LogP contribution < -0.4 is 11.1 Å². The van der Waals surface area contributed by atoms with Gasteiger partial charge in [-0.05, 0) is 51.0 Å². The lowest BCUT2D eigenvalue weighted by atomic mass is 10.1. The van der Waals surface area contributed by atoms with Gasteiger partial charge in [0.2, 0.25) is 0 Å². The van der Waals surface area contributed by atoms with Gasteiger partial charge in [0.1, 0.15) is 0 Å². The molecule has 0 aliphatic heterocycles. The quantitative estimate of drug-likeness (QED) is 0.491. The fourth-order valence-corrected chi connectivity index (χ4v) is 2.98. The van der Waals surface area contributed by atoms with Crippen LogP contribution in [0.15, 0.2) is 33.4 Å². The number of rotatable bonds is 7. The molecule has 0 saturated carbocycles. The molecule has 2 unspecified atom stereocenters. The highest BCUT2D eigenvalue weighted by atomic mass is 16.3. The summed E-state index contributed by atoms with van der Waals surface area (Å²) < 4.78 is 2.71. The lowest BCUT2D eigenvalue weighted by molar-refractivity contribution is 0.0358. The summed E-state index contributed by atoms with van der Waals surface area (Å²) in [4.78, 5) is 25.4.